The summed E-state index contributed by atoms with van der Waals surface area (Å²) in [5.74, 6) is 1.40. The minimum Gasteiger partial charge on any atom is -0.393 e. The van der Waals surface area contributed by atoms with E-state index in [2.05, 4.69) is 23.6 Å². The minimum absolute atomic E-state index is 0.0442. The summed E-state index contributed by atoms with van der Waals surface area (Å²) in [5.41, 5.74) is 0. The summed E-state index contributed by atoms with van der Waals surface area (Å²) in [4.78, 5) is 5.10. The van der Waals surface area contributed by atoms with Gasteiger partial charge >= 0.3 is 0 Å². The Balaban J connectivity index is 1.77. The third kappa shape index (κ3) is 4.44. The highest BCUT2D eigenvalue weighted by Gasteiger charge is 2.30. The van der Waals surface area contributed by atoms with Gasteiger partial charge in [-0.1, -0.05) is 26.7 Å². The van der Waals surface area contributed by atoms with E-state index in [-0.39, 0.29) is 6.10 Å². The van der Waals surface area contributed by atoms with Gasteiger partial charge in [-0.2, -0.15) is 0 Å². The second-order valence-electron chi connectivity index (χ2n) is 6.53. The largest absolute Gasteiger partial charge is 0.393 e. The lowest BCUT2D eigenvalue weighted by molar-refractivity contribution is 0.0159. The van der Waals surface area contributed by atoms with E-state index in [0.717, 1.165) is 18.9 Å². The van der Waals surface area contributed by atoms with Crippen molar-refractivity contribution in [1.82, 2.24) is 9.80 Å². The molecule has 1 N–H and O–H groups in total. The van der Waals surface area contributed by atoms with Crippen LogP contribution in [0, 0.1) is 11.8 Å². The van der Waals surface area contributed by atoms with E-state index in [1.54, 1.807) is 0 Å². The number of likely N-dealkylation sites (N-methyl/N-ethyl adjacent to an activating group) is 1. The first-order chi connectivity index (χ1) is 9.22. The van der Waals surface area contributed by atoms with Gasteiger partial charge in [-0.3, -0.25) is 0 Å². The number of nitrogens with zero attached hydrogens (tertiary/aromatic N) is 2. The molecule has 0 spiro atoms. The molecule has 2 aliphatic rings. The summed E-state index contributed by atoms with van der Waals surface area (Å²) >= 11 is 0. The van der Waals surface area contributed by atoms with Crippen LogP contribution in [-0.2, 0) is 0 Å². The van der Waals surface area contributed by atoms with Gasteiger partial charge in [-0.05, 0) is 37.6 Å². The Bertz CT molecular complexity index is 251. The van der Waals surface area contributed by atoms with Crippen molar-refractivity contribution in [2.45, 2.75) is 52.1 Å². The molecule has 2 rings (SSSR count). The van der Waals surface area contributed by atoms with Crippen LogP contribution >= 0.6 is 0 Å². The standard InChI is InChI=1S/C16H32N2O/c1-3-5-14-6-7-16(19)15(12-14)13-18-10-8-17(4-2)9-11-18/h14-16,19H,3-13H2,1-2H3. The summed E-state index contributed by atoms with van der Waals surface area (Å²) in [6.07, 6.45) is 6.13. The van der Waals surface area contributed by atoms with Crippen molar-refractivity contribution in [3.8, 4) is 0 Å². The maximum Gasteiger partial charge on any atom is 0.0580 e. The molecule has 3 heteroatoms. The van der Waals surface area contributed by atoms with Crippen LogP contribution in [0.1, 0.15) is 46.0 Å². The molecule has 3 atom stereocenters. The molecule has 1 heterocycles. The Kier molecular flexibility index (Phi) is 6.11. The molecular weight excluding hydrogens is 236 g/mol. The third-order valence-electron chi connectivity index (χ3n) is 5.15. The first-order valence-electron chi connectivity index (χ1n) is 8.35. The molecule has 0 amide bonds. The molecule has 112 valence electrons. The predicted octanol–water partition coefficient (Wildman–Crippen LogP) is 2.20. The van der Waals surface area contributed by atoms with Crippen LogP contribution in [-0.4, -0.2) is 60.3 Å². The second kappa shape index (κ2) is 7.61. The minimum atomic E-state index is -0.0442. The molecule has 2 fully saturated rings. The van der Waals surface area contributed by atoms with Crippen molar-refractivity contribution >= 4 is 0 Å². The highest BCUT2D eigenvalue weighted by molar-refractivity contribution is 4.83. The lowest BCUT2D eigenvalue weighted by atomic mass is 9.77. The molecule has 0 aromatic rings. The molecule has 1 aliphatic heterocycles. The van der Waals surface area contributed by atoms with E-state index in [9.17, 15) is 5.11 Å². The van der Waals surface area contributed by atoms with E-state index in [1.165, 1.54) is 58.4 Å². The van der Waals surface area contributed by atoms with Gasteiger partial charge in [-0.15, -0.1) is 0 Å². The quantitative estimate of drug-likeness (QED) is 0.828. The van der Waals surface area contributed by atoms with Gasteiger partial charge in [0, 0.05) is 32.7 Å². The topological polar surface area (TPSA) is 26.7 Å². The molecular formula is C16H32N2O. The number of aliphatic hydroxyl groups is 1. The van der Waals surface area contributed by atoms with Crippen LogP contribution in [0.5, 0.6) is 0 Å². The zero-order valence-corrected chi connectivity index (χ0v) is 12.9. The molecule has 3 unspecified atom stereocenters. The smallest absolute Gasteiger partial charge is 0.0580 e. The lowest BCUT2D eigenvalue weighted by Gasteiger charge is -2.40. The fourth-order valence-electron chi connectivity index (χ4n) is 3.83. The Labute approximate surface area is 119 Å². The third-order valence-corrected chi connectivity index (χ3v) is 5.15. The van der Waals surface area contributed by atoms with Gasteiger partial charge in [-0.25, -0.2) is 0 Å². The van der Waals surface area contributed by atoms with Crippen LogP contribution in [0.2, 0.25) is 0 Å². The Morgan fingerprint density at radius 3 is 2.32 bits per heavy atom. The monoisotopic (exact) mass is 268 g/mol. The number of hydrogen-bond acceptors (Lipinski definition) is 3. The lowest BCUT2D eigenvalue weighted by Crippen LogP contribution is -2.49. The fraction of sp³-hybridized carbons (Fsp3) is 1.00. The van der Waals surface area contributed by atoms with Crippen LogP contribution in [0.15, 0.2) is 0 Å². The molecule has 1 saturated heterocycles. The van der Waals surface area contributed by atoms with Crippen molar-refractivity contribution in [3.63, 3.8) is 0 Å². The summed E-state index contributed by atoms with van der Waals surface area (Å²) in [6, 6.07) is 0. The molecule has 0 radical (unpaired) electrons. The fourth-order valence-corrected chi connectivity index (χ4v) is 3.83. The van der Waals surface area contributed by atoms with Crippen molar-refractivity contribution in [2.75, 3.05) is 39.3 Å². The van der Waals surface area contributed by atoms with Gasteiger partial charge in [0.25, 0.3) is 0 Å². The van der Waals surface area contributed by atoms with Gasteiger partial charge in [0.05, 0.1) is 6.10 Å². The van der Waals surface area contributed by atoms with Gasteiger partial charge in [0.15, 0.2) is 0 Å². The highest BCUT2D eigenvalue weighted by Crippen LogP contribution is 2.32. The SMILES string of the molecule is CCCC1CCC(O)C(CN2CCN(CC)CC2)C1. The number of hydrogen-bond donors (Lipinski definition) is 1. The van der Waals surface area contributed by atoms with Crippen LogP contribution < -0.4 is 0 Å². The number of aliphatic hydroxyl groups excluding tert-OH is 1. The van der Waals surface area contributed by atoms with Gasteiger partial charge < -0.3 is 14.9 Å². The summed E-state index contributed by atoms with van der Waals surface area (Å²) in [5, 5.41) is 10.2. The van der Waals surface area contributed by atoms with Crippen molar-refractivity contribution in [3.05, 3.63) is 0 Å². The van der Waals surface area contributed by atoms with Gasteiger partial charge in [0.1, 0.15) is 0 Å². The Morgan fingerprint density at radius 2 is 1.68 bits per heavy atom. The van der Waals surface area contributed by atoms with Crippen LogP contribution in [0.25, 0.3) is 0 Å². The molecule has 0 aromatic heterocycles. The molecule has 0 aromatic carbocycles. The molecule has 3 nitrogen and oxygen atoms in total. The summed E-state index contributed by atoms with van der Waals surface area (Å²) in [7, 11) is 0. The maximum atomic E-state index is 10.2. The summed E-state index contributed by atoms with van der Waals surface area (Å²) < 4.78 is 0. The normalized spacial score (nSPS) is 34.6. The molecule has 0 bridgehead atoms. The molecule has 1 saturated carbocycles. The van der Waals surface area contributed by atoms with Gasteiger partial charge in [0.2, 0.25) is 0 Å². The Hall–Kier alpha value is -0.120. The predicted molar refractivity (Wildman–Crippen MR) is 80.3 cm³/mol. The molecule has 19 heavy (non-hydrogen) atoms. The average molecular weight is 268 g/mol. The van der Waals surface area contributed by atoms with E-state index in [1.807, 2.05) is 0 Å². The summed E-state index contributed by atoms with van der Waals surface area (Å²) in [6.45, 7) is 11.6. The second-order valence-corrected chi connectivity index (χ2v) is 6.53. The average Bonchev–Trinajstić information content (AvgIpc) is 2.44. The zero-order chi connectivity index (χ0) is 13.7. The van der Waals surface area contributed by atoms with Crippen LogP contribution in [0.3, 0.4) is 0 Å². The number of piperazine rings is 1. The van der Waals surface area contributed by atoms with Crippen LogP contribution in [0.4, 0.5) is 0 Å². The van der Waals surface area contributed by atoms with E-state index in [4.69, 9.17) is 0 Å². The Morgan fingerprint density at radius 1 is 1.00 bits per heavy atom. The first kappa shape index (κ1) is 15.3. The van der Waals surface area contributed by atoms with Crippen molar-refractivity contribution < 1.29 is 5.11 Å². The maximum absolute atomic E-state index is 10.2. The molecule has 1 aliphatic carbocycles. The van der Waals surface area contributed by atoms with E-state index < -0.39 is 0 Å². The zero-order valence-electron chi connectivity index (χ0n) is 12.9. The highest BCUT2D eigenvalue weighted by atomic mass is 16.3. The first-order valence-corrected chi connectivity index (χ1v) is 8.35. The van der Waals surface area contributed by atoms with E-state index in [0.29, 0.717) is 5.92 Å². The van der Waals surface area contributed by atoms with Crippen molar-refractivity contribution in [2.24, 2.45) is 11.8 Å². The number of rotatable bonds is 5. The van der Waals surface area contributed by atoms with E-state index >= 15 is 0 Å². The van der Waals surface area contributed by atoms with Crippen molar-refractivity contribution in [1.29, 1.82) is 0 Å².